The van der Waals surface area contributed by atoms with E-state index in [2.05, 4.69) is 0 Å². The number of aromatic nitrogens is 1. The van der Waals surface area contributed by atoms with Gasteiger partial charge in [-0.1, -0.05) is 18.2 Å². The van der Waals surface area contributed by atoms with Gasteiger partial charge in [0.2, 0.25) is 11.8 Å². The Hall–Kier alpha value is -3.67. The van der Waals surface area contributed by atoms with Crippen molar-refractivity contribution in [3.63, 3.8) is 0 Å². The summed E-state index contributed by atoms with van der Waals surface area (Å²) in [6, 6.07) is 16.7. The molecular formula is C21H16FN3O2. The highest BCUT2D eigenvalue weighted by molar-refractivity contribution is 6.17. The van der Waals surface area contributed by atoms with E-state index in [1.807, 2.05) is 16.7 Å². The first kappa shape index (κ1) is 16.8. The van der Waals surface area contributed by atoms with Crippen molar-refractivity contribution in [2.75, 3.05) is 0 Å². The third-order valence-corrected chi connectivity index (χ3v) is 4.67. The van der Waals surface area contributed by atoms with E-state index in [4.69, 9.17) is 11.5 Å². The lowest BCUT2D eigenvalue weighted by Crippen LogP contribution is -2.12. The molecule has 0 unspecified atom stereocenters. The average Bonchev–Trinajstić information content (AvgIpc) is 2.95. The van der Waals surface area contributed by atoms with Crippen molar-refractivity contribution in [1.82, 2.24) is 4.57 Å². The van der Waals surface area contributed by atoms with E-state index in [1.54, 1.807) is 36.4 Å². The van der Waals surface area contributed by atoms with Gasteiger partial charge >= 0.3 is 0 Å². The lowest BCUT2D eigenvalue weighted by atomic mass is 10.1. The SMILES string of the molecule is NC(=O)c1cccc(Cn2c3cc(F)ccc3c3c(C(N)=O)cccc32)c1. The Kier molecular flexibility index (Phi) is 3.88. The lowest BCUT2D eigenvalue weighted by Gasteiger charge is -2.09. The third-order valence-electron chi connectivity index (χ3n) is 4.67. The summed E-state index contributed by atoms with van der Waals surface area (Å²) in [4.78, 5) is 23.4. The molecule has 27 heavy (non-hydrogen) atoms. The van der Waals surface area contributed by atoms with E-state index < -0.39 is 11.8 Å². The van der Waals surface area contributed by atoms with Gasteiger partial charge in [0.1, 0.15) is 5.82 Å². The number of primary amides is 2. The topological polar surface area (TPSA) is 91.1 Å². The zero-order chi connectivity index (χ0) is 19.1. The predicted octanol–water partition coefficient (Wildman–Crippen LogP) is 3.18. The number of benzene rings is 3. The monoisotopic (exact) mass is 361 g/mol. The maximum atomic E-state index is 13.9. The van der Waals surface area contributed by atoms with E-state index in [1.165, 1.54) is 12.1 Å². The summed E-state index contributed by atoms with van der Waals surface area (Å²) in [6.07, 6.45) is 0. The minimum atomic E-state index is -0.542. The fourth-order valence-electron chi connectivity index (χ4n) is 3.50. The van der Waals surface area contributed by atoms with Crippen LogP contribution in [-0.2, 0) is 6.54 Å². The van der Waals surface area contributed by atoms with Crippen LogP contribution in [-0.4, -0.2) is 16.4 Å². The number of amides is 2. The molecule has 4 rings (SSSR count). The molecule has 0 saturated carbocycles. The number of nitrogens with zero attached hydrogens (tertiary/aromatic N) is 1. The zero-order valence-corrected chi connectivity index (χ0v) is 14.3. The highest BCUT2D eigenvalue weighted by Crippen LogP contribution is 2.32. The third kappa shape index (κ3) is 2.81. The van der Waals surface area contributed by atoms with Gasteiger partial charge in [0, 0.05) is 28.4 Å². The van der Waals surface area contributed by atoms with Gasteiger partial charge in [-0.2, -0.15) is 0 Å². The van der Waals surface area contributed by atoms with Crippen LogP contribution in [0.1, 0.15) is 26.3 Å². The molecule has 2 amide bonds. The van der Waals surface area contributed by atoms with Crippen molar-refractivity contribution >= 4 is 33.6 Å². The van der Waals surface area contributed by atoms with Crippen LogP contribution in [0.5, 0.6) is 0 Å². The molecule has 0 aliphatic rings. The molecule has 0 saturated heterocycles. The Morgan fingerprint density at radius 2 is 1.67 bits per heavy atom. The van der Waals surface area contributed by atoms with Crippen LogP contribution in [0.25, 0.3) is 21.8 Å². The summed E-state index contributed by atoms with van der Waals surface area (Å²) in [7, 11) is 0. The van der Waals surface area contributed by atoms with Crippen molar-refractivity contribution in [2.45, 2.75) is 6.54 Å². The second kappa shape index (κ2) is 6.25. The number of carbonyl (C=O) groups is 2. The number of carbonyl (C=O) groups excluding carboxylic acids is 2. The number of halogens is 1. The highest BCUT2D eigenvalue weighted by Gasteiger charge is 2.17. The second-order valence-electron chi connectivity index (χ2n) is 6.38. The van der Waals surface area contributed by atoms with Crippen molar-refractivity contribution in [3.8, 4) is 0 Å². The number of hydrogen-bond acceptors (Lipinski definition) is 2. The smallest absolute Gasteiger partial charge is 0.249 e. The average molecular weight is 361 g/mol. The molecule has 0 spiro atoms. The number of rotatable bonds is 4. The quantitative estimate of drug-likeness (QED) is 0.584. The normalized spacial score (nSPS) is 11.1. The fourth-order valence-corrected chi connectivity index (χ4v) is 3.50. The molecule has 5 nitrogen and oxygen atoms in total. The molecule has 6 heteroatoms. The molecule has 0 aliphatic heterocycles. The molecule has 134 valence electrons. The molecule has 4 aromatic rings. The van der Waals surface area contributed by atoms with Gasteiger partial charge in [0.15, 0.2) is 0 Å². The van der Waals surface area contributed by atoms with Crippen molar-refractivity contribution in [3.05, 3.63) is 83.2 Å². The molecule has 0 atom stereocenters. The first-order chi connectivity index (χ1) is 13.0. The maximum absolute atomic E-state index is 13.9. The molecule has 1 heterocycles. The van der Waals surface area contributed by atoms with Crippen LogP contribution in [0, 0.1) is 5.82 Å². The predicted molar refractivity (Wildman–Crippen MR) is 102 cm³/mol. The van der Waals surface area contributed by atoms with Gasteiger partial charge < -0.3 is 16.0 Å². The van der Waals surface area contributed by atoms with Crippen LogP contribution >= 0.6 is 0 Å². The molecule has 0 bridgehead atoms. The number of nitrogens with two attached hydrogens (primary N) is 2. The van der Waals surface area contributed by atoms with Crippen LogP contribution in [0.4, 0.5) is 4.39 Å². The van der Waals surface area contributed by atoms with E-state index in [0.29, 0.717) is 28.6 Å². The Bertz CT molecular complexity index is 1230. The molecule has 0 fully saturated rings. The Morgan fingerprint density at radius 3 is 2.41 bits per heavy atom. The van der Waals surface area contributed by atoms with E-state index >= 15 is 0 Å². The van der Waals surface area contributed by atoms with Gasteiger partial charge in [0.05, 0.1) is 11.0 Å². The molecule has 4 N–H and O–H groups in total. The summed E-state index contributed by atoms with van der Waals surface area (Å²) in [5.74, 6) is -1.43. The minimum absolute atomic E-state index is 0.377. The Balaban J connectivity index is 2.00. The van der Waals surface area contributed by atoms with Gasteiger partial charge in [0.25, 0.3) is 0 Å². The number of hydrogen-bond donors (Lipinski definition) is 2. The van der Waals surface area contributed by atoms with Gasteiger partial charge in [-0.25, -0.2) is 4.39 Å². The van der Waals surface area contributed by atoms with Crippen molar-refractivity contribution < 1.29 is 14.0 Å². The Labute approximate surface area is 154 Å². The van der Waals surface area contributed by atoms with Crippen LogP contribution in [0.3, 0.4) is 0 Å². The standard InChI is InChI=1S/C21H16FN3O2/c22-14-7-8-15-18(10-14)25(11-12-3-1-4-13(9-12)20(23)26)17-6-2-5-16(19(15)17)21(24)27/h1-10H,11H2,(H2,23,26)(H2,24,27). The second-order valence-corrected chi connectivity index (χ2v) is 6.38. The first-order valence-corrected chi connectivity index (χ1v) is 8.34. The summed E-state index contributed by atoms with van der Waals surface area (Å²) in [6.45, 7) is 0.382. The van der Waals surface area contributed by atoms with Crippen molar-refractivity contribution in [1.29, 1.82) is 0 Å². The molecule has 3 aromatic carbocycles. The van der Waals surface area contributed by atoms with E-state index in [-0.39, 0.29) is 5.82 Å². The van der Waals surface area contributed by atoms with Crippen LogP contribution in [0.2, 0.25) is 0 Å². The number of fused-ring (bicyclic) bond motifs is 3. The molecular weight excluding hydrogens is 345 g/mol. The Morgan fingerprint density at radius 1 is 0.889 bits per heavy atom. The van der Waals surface area contributed by atoms with Gasteiger partial charge in [-0.05, 0) is 48.0 Å². The van der Waals surface area contributed by atoms with Crippen molar-refractivity contribution in [2.24, 2.45) is 11.5 Å². The summed E-state index contributed by atoms with van der Waals surface area (Å²) in [5, 5.41) is 1.43. The van der Waals surface area contributed by atoms with Crippen LogP contribution in [0.15, 0.2) is 60.7 Å². The summed E-state index contributed by atoms with van der Waals surface area (Å²) < 4.78 is 15.8. The largest absolute Gasteiger partial charge is 0.366 e. The summed E-state index contributed by atoms with van der Waals surface area (Å²) in [5.41, 5.74) is 13.9. The first-order valence-electron chi connectivity index (χ1n) is 8.34. The summed E-state index contributed by atoms with van der Waals surface area (Å²) >= 11 is 0. The van der Waals surface area contributed by atoms with Crippen LogP contribution < -0.4 is 11.5 Å². The zero-order valence-electron chi connectivity index (χ0n) is 14.3. The molecule has 0 aliphatic carbocycles. The van der Waals surface area contributed by atoms with Gasteiger partial charge in [-0.15, -0.1) is 0 Å². The molecule has 1 aromatic heterocycles. The van der Waals surface area contributed by atoms with Gasteiger partial charge in [-0.3, -0.25) is 9.59 Å². The maximum Gasteiger partial charge on any atom is 0.249 e. The van der Waals surface area contributed by atoms with E-state index in [0.717, 1.165) is 16.5 Å². The fraction of sp³-hybridized carbons (Fsp3) is 0.0476. The lowest BCUT2D eigenvalue weighted by molar-refractivity contribution is 0.0992. The minimum Gasteiger partial charge on any atom is -0.366 e. The highest BCUT2D eigenvalue weighted by atomic mass is 19.1. The molecule has 0 radical (unpaired) electrons. The van der Waals surface area contributed by atoms with E-state index in [9.17, 15) is 14.0 Å².